The van der Waals surface area contributed by atoms with Gasteiger partial charge >= 0.3 is 0 Å². The average molecular weight is 278 g/mol. The fraction of sp³-hybridized carbons (Fsp3) is 0.308. The number of nitrogens with one attached hydrogen (secondary N) is 1. The molecule has 0 atom stereocenters. The number of hydrogen-bond donors (Lipinski definition) is 1. The molecule has 82 valence electrons. The van der Waals surface area contributed by atoms with E-state index < -0.39 is 0 Å². The lowest BCUT2D eigenvalue weighted by atomic mass is 10.0. The van der Waals surface area contributed by atoms with E-state index in [1.165, 1.54) is 5.56 Å². The molecule has 0 spiro atoms. The van der Waals surface area contributed by atoms with Gasteiger partial charge in [-0.2, -0.15) is 0 Å². The zero-order chi connectivity index (χ0) is 11.4. The molecule has 0 saturated carbocycles. The molecule has 0 unspecified atom stereocenters. The number of alkyl halides is 1. The molecule has 0 saturated heterocycles. The van der Waals surface area contributed by atoms with Crippen molar-refractivity contribution in [2.45, 2.75) is 19.3 Å². The van der Waals surface area contributed by atoms with Gasteiger partial charge in [0.2, 0.25) is 5.91 Å². The van der Waals surface area contributed by atoms with E-state index >= 15 is 0 Å². The molecule has 1 heterocycles. The van der Waals surface area contributed by atoms with Gasteiger partial charge in [0.05, 0.1) is 0 Å². The van der Waals surface area contributed by atoms with Gasteiger partial charge in [-0.3, -0.25) is 4.79 Å². The van der Waals surface area contributed by atoms with Gasteiger partial charge in [0.15, 0.2) is 0 Å². The first-order valence-corrected chi connectivity index (χ1v) is 6.39. The van der Waals surface area contributed by atoms with Crippen LogP contribution in [0.25, 0.3) is 0 Å². The van der Waals surface area contributed by atoms with Crippen LogP contribution >= 0.6 is 15.9 Å². The number of benzene rings is 1. The smallest absolute Gasteiger partial charge is 0.224 e. The number of amides is 1. The van der Waals surface area contributed by atoms with Gasteiger partial charge in [-0.25, -0.2) is 0 Å². The number of aryl methyl sites for hydroxylation is 1. The number of anilines is 1. The van der Waals surface area contributed by atoms with E-state index in [1.807, 2.05) is 12.1 Å². The molecule has 1 N–H and O–H groups in total. The lowest BCUT2D eigenvalue weighted by molar-refractivity contribution is -0.116. The van der Waals surface area contributed by atoms with E-state index in [2.05, 4.69) is 39.2 Å². The number of rotatable bonds is 1. The fourth-order valence-corrected chi connectivity index (χ4v) is 1.87. The molecule has 1 aliphatic rings. The molecule has 0 aliphatic carbocycles. The van der Waals surface area contributed by atoms with E-state index in [-0.39, 0.29) is 5.91 Å². The molecule has 3 heteroatoms. The summed E-state index contributed by atoms with van der Waals surface area (Å²) in [6, 6.07) is 5.95. The molecule has 16 heavy (non-hydrogen) atoms. The van der Waals surface area contributed by atoms with Crippen molar-refractivity contribution in [1.82, 2.24) is 0 Å². The molecule has 0 aromatic heterocycles. The van der Waals surface area contributed by atoms with Gasteiger partial charge in [-0.05, 0) is 30.2 Å². The Morgan fingerprint density at radius 1 is 1.38 bits per heavy atom. The van der Waals surface area contributed by atoms with Crippen molar-refractivity contribution in [3.63, 3.8) is 0 Å². The Morgan fingerprint density at radius 3 is 3.06 bits per heavy atom. The maximum Gasteiger partial charge on any atom is 0.224 e. The molecule has 2 rings (SSSR count). The Labute approximate surface area is 104 Å². The minimum Gasteiger partial charge on any atom is -0.326 e. The van der Waals surface area contributed by atoms with Crippen LogP contribution in [-0.2, 0) is 11.2 Å². The number of halogens is 1. The van der Waals surface area contributed by atoms with Crippen LogP contribution in [0.1, 0.15) is 24.0 Å². The van der Waals surface area contributed by atoms with Crippen LogP contribution in [-0.4, -0.2) is 11.2 Å². The average Bonchev–Trinajstić information content (AvgIpc) is 2.29. The van der Waals surface area contributed by atoms with Crippen molar-refractivity contribution in [2.24, 2.45) is 0 Å². The molecule has 1 aliphatic heterocycles. The summed E-state index contributed by atoms with van der Waals surface area (Å²) in [5, 5.41) is 3.76. The number of hydrogen-bond acceptors (Lipinski definition) is 1. The van der Waals surface area contributed by atoms with Crippen LogP contribution in [0.4, 0.5) is 5.69 Å². The van der Waals surface area contributed by atoms with Crippen molar-refractivity contribution in [3.05, 3.63) is 29.3 Å². The molecular formula is C13H12BrNO. The molecule has 1 amide bonds. The molecule has 0 radical (unpaired) electrons. The van der Waals surface area contributed by atoms with Gasteiger partial charge < -0.3 is 5.32 Å². The van der Waals surface area contributed by atoms with E-state index in [1.54, 1.807) is 0 Å². The quantitative estimate of drug-likeness (QED) is 0.621. The summed E-state index contributed by atoms with van der Waals surface area (Å²) in [6.07, 6.45) is 2.24. The predicted molar refractivity (Wildman–Crippen MR) is 68.7 cm³/mol. The first-order chi connectivity index (χ1) is 7.79. The predicted octanol–water partition coefficient (Wildman–Crippen LogP) is 2.71. The van der Waals surface area contributed by atoms with E-state index in [9.17, 15) is 4.79 Å². The van der Waals surface area contributed by atoms with Gasteiger partial charge in [-0.15, -0.1) is 0 Å². The highest BCUT2D eigenvalue weighted by Crippen LogP contribution is 2.23. The lowest BCUT2D eigenvalue weighted by Gasteiger charge is -2.16. The summed E-state index contributed by atoms with van der Waals surface area (Å²) in [6.45, 7) is 0. The summed E-state index contributed by atoms with van der Waals surface area (Å²) < 4.78 is 0. The zero-order valence-corrected chi connectivity index (χ0v) is 10.4. The Kier molecular flexibility index (Phi) is 3.63. The first-order valence-electron chi connectivity index (χ1n) is 5.27. The van der Waals surface area contributed by atoms with E-state index in [0.29, 0.717) is 6.42 Å². The highest BCUT2D eigenvalue weighted by atomic mass is 79.9. The SMILES string of the molecule is O=C1CCc2cc(C#CCCBr)ccc2N1. The summed E-state index contributed by atoms with van der Waals surface area (Å²) >= 11 is 3.34. The largest absolute Gasteiger partial charge is 0.326 e. The van der Waals surface area contributed by atoms with Gasteiger partial charge in [0, 0.05) is 29.4 Å². The molecule has 1 aromatic rings. The Bertz CT molecular complexity index is 471. The van der Waals surface area contributed by atoms with Crippen LogP contribution in [0.2, 0.25) is 0 Å². The zero-order valence-electron chi connectivity index (χ0n) is 8.85. The van der Waals surface area contributed by atoms with Crippen LogP contribution in [0.15, 0.2) is 18.2 Å². The minimum atomic E-state index is 0.102. The second kappa shape index (κ2) is 5.18. The molecule has 2 nitrogen and oxygen atoms in total. The molecule has 1 aromatic carbocycles. The summed E-state index contributed by atoms with van der Waals surface area (Å²) in [4.78, 5) is 11.2. The minimum absolute atomic E-state index is 0.102. The van der Waals surface area contributed by atoms with Crippen molar-refractivity contribution in [2.75, 3.05) is 10.6 Å². The summed E-state index contributed by atoms with van der Waals surface area (Å²) in [5.74, 6) is 6.30. The molecule has 0 fully saturated rings. The van der Waals surface area contributed by atoms with Gasteiger partial charge in [0.25, 0.3) is 0 Å². The first kappa shape index (κ1) is 11.2. The van der Waals surface area contributed by atoms with Crippen LogP contribution in [0, 0.1) is 11.8 Å². The Hall–Kier alpha value is -1.27. The van der Waals surface area contributed by atoms with Crippen LogP contribution in [0.5, 0.6) is 0 Å². The van der Waals surface area contributed by atoms with Crippen molar-refractivity contribution >= 4 is 27.5 Å². The topological polar surface area (TPSA) is 29.1 Å². The number of carbonyl (C=O) groups excluding carboxylic acids is 1. The fourth-order valence-electron chi connectivity index (χ4n) is 1.67. The number of carbonyl (C=O) groups is 1. The second-order valence-corrected chi connectivity index (χ2v) is 4.45. The van der Waals surface area contributed by atoms with Crippen LogP contribution in [0.3, 0.4) is 0 Å². The Balaban J connectivity index is 2.20. The van der Waals surface area contributed by atoms with Crippen molar-refractivity contribution in [3.8, 4) is 11.8 Å². The summed E-state index contributed by atoms with van der Waals surface area (Å²) in [7, 11) is 0. The van der Waals surface area contributed by atoms with Crippen molar-refractivity contribution < 1.29 is 4.79 Å². The Morgan fingerprint density at radius 2 is 2.25 bits per heavy atom. The number of fused-ring (bicyclic) bond motifs is 1. The third-order valence-electron chi connectivity index (χ3n) is 2.45. The molecule has 0 bridgehead atoms. The third kappa shape index (κ3) is 2.65. The van der Waals surface area contributed by atoms with Gasteiger partial charge in [0.1, 0.15) is 0 Å². The highest BCUT2D eigenvalue weighted by molar-refractivity contribution is 9.09. The normalized spacial score (nSPS) is 13.4. The van der Waals surface area contributed by atoms with E-state index in [0.717, 1.165) is 29.4 Å². The maximum absolute atomic E-state index is 11.2. The maximum atomic E-state index is 11.2. The van der Waals surface area contributed by atoms with Gasteiger partial charge in [-0.1, -0.05) is 27.8 Å². The second-order valence-electron chi connectivity index (χ2n) is 3.66. The highest BCUT2D eigenvalue weighted by Gasteiger charge is 2.13. The molecular weight excluding hydrogens is 266 g/mol. The standard InChI is InChI=1S/C13H12BrNO/c14-8-2-1-3-10-4-6-12-11(9-10)5-7-13(16)15-12/h4,6,9H,2,5,7-8H2,(H,15,16). The summed E-state index contributed by atoms with van der Waals surface area (Å²) in [5.41, 5.74) is 3.14. The monoisotopic (exact) mass is 277 g/mol. The lowest BCUT2D eigenvalue weighted by Crippen LogP contribution is -2.18. The third-order valence-corrected chi connectivity index (χ3v) is 2.85. The van der Waals surface area contributed by atoms with E-state index in [4.69, 9.17) is 0 Å². The van der Waals surface area contributed by atoms with Crippen molar-refractivity contribution in [1.29, 1.82) is 0 Å². The van der Waals surface area contributed by atoms with Crippen LogP contribution < -0.4 is 5.32 Å².